The smallest absolute Gasteiger partial charge is 0 e. The second kappa shape index (κ2) is 10.5. The summed E-state index contributed by atoms with van der Waals surface area (Å²) in [6.07, 6.45) is 1.83. The topological polar surface area (TPSA) is 31.8 Å². The van der Waals surface area contributed by atoms with E-state index in [2.05, 4.69) is 100 Å². The number of nitrogens with zero attached hydrogens (tertiary/aromatic N) is 4. The number of anilines is 6. The van der Waals surface area contributed by atoms with E-state index in [1.807, 2.05) is 48.7 Å². The number of hydrogen-bond acceptors (Lipinski definition) is 5. The minimum Gasteiger partial charge on any atom is 0 e. The Morgan fingerprint density at radius 2 is 1.50 bits per heavy atom. The first-order valence-electron chi connectivity index (χ1n) is 12.0. The summed E-state index contributed by atoms with van der Waals surface area (Å²) in [6, 6.07) is 40.1. The fourth-order valence-corrected chi connectivity index (χ4v) is 7.58. The van der Waals surface area contributed by atoms with Crippen LogP contribution in [0.3, 0.4) is 0 Å². The molecule has 0 saturated heterocycles. The van der Waals surface area contributed by atoms with Gasteiger partial charge in [-0.2, -0.15) is 0 Å². The molecule has 0 atom stereocenters. The van der Waals surface area contributed by atoms with Crippen LogP contribution in [0.25, 0.3) is 0 Å². The van der Waals surface area contributed by atoms with E-state index < -0.39 is 20.9 Å². The van der Waals surface area contributed by atoms with E-state index in [1.54, 1.807) is 0 Å². The molecule has 2 aliphatic heterocycles. The van der Waals surface area contributed by atoms with Crippen molar-refractivity contribution in [1.29, 1.82) is 0 Å². The molecule has 5 aromatic rings. The van der Waals surface area contributed by atoms with Gasteiger partial charge in [0.25, 0.3) is 0 Å². The van der Waals surface area contributed by atoms with Crippen LogP contribution in [0.4, 0.5) is 34.3 Å². The molecule has 2 aliphatic rings. The van der Waals surface area contributed by atoms with Crippen LogP contribution in [0, 0.1) is 18.8 Å². The van der Waals surface area contributed by atoms with Crippen LogP contribution in [0.2, 0.25) is 0 Å². The molecule has 7 heteroatoms. The van der Waals surface area contributed by atoms with Crippen molar-refractivity contribution in [2.75, 3.05) is 21.7 Å². The fraction of sp³-hybridized carbons (Fsp3) is 0.0323. The van der Waals surface area contributed by atoms with E-state index in [1.165, 1.54) is 12.9 Å². The number of aromatic nitrogens is 1. The van der Waals surface area contributed by atoms with E-state index in [4.69, 9.17) is 4.74 Å². The van der Waals surface area contributed by atoms with Gasteiger partial charge in [0.05, 0.1) is 0 Å². The Hall–Kier alpha value is -3.29. The van der Waals surface area contributed by atoms with Gasteiger partial charge in [0.2, 0.25) is 0 Å². The van der Waals surface area contributed by atoms with Crippen molar-refractivity contribution < 1.29 is 25.8 Å². The standard InChI is InChI=1S/C31H21N4OTe.Pt/c1-33-21-34(26-12-3-2-11-25(26)33)22-9-8-10-23(19-22)36-24-16-17-30-28(20-24)35(31-15-6-7-18-32-31)27-13-4-5-14-29(27)37-30;/h2-18,21H,1H3;/q-3;. The van der Waals surface area contributed by atoms with Crippen LogP contribution < -0.4 is 26.7 Å². The number of hydrogen-bond donors (Lipinski definition) is 0. The zero-order valence-electron chi connectivity index (χ0n) is 20.3. The van der Waals surface area contributed by atoms with Crippen LogP contribution in [-0.4, -0.2) is 33.0 Å². The van der Waals surface area contributed by atoms with E-state index in [9.17, 15) is 0 Å². The third kappa shape index (κ3) is 4.48. The molecule has 0 spiro atoms. The molecule has 0 radical (unpaired) electrons. The number of rotatable bonds is 4. The zero-order chi connectivity index (χ0) is 24.8. The quantitative estimate of drug-likeness (QED) is 0.171. The number of fused-ring (bicyclic) bond motifs is 3. The summed E-state index contributed by atoms with van der Waals surface area (Å²) in [5.74, 6) is 2.17. The van der Waals surface area contributed by atoms with Crippen LogP contribution in [0.15, 0.2) is 103 Å². The molecule has 7 rings (SSSR count). The van der Waals surface area contributed by atoms with Crippen molar-refractivity contribution in [3.8, 4) is 11.5 Å². The normalized spacial score (nSPS) is 13.3. The third-order valence-corrected chi connectivity index (χ3v) is 9.51. The van der Waals surface area contributed by atoms with Gasteiger partial charge in [0.15, 0.2) is 0 Å². The monoisotopic (exact) mass is 790 g/mol. The first kappa shape index (κ1) is 25.0. The Kier molecular flexibility index (Phi) is 6.89. The summed E-state index contributed by atoms with van der Waals surface area (Å²) in [4.78, 5) is 11.1. The number of pyridine rings is 1. The van der Waals surface area contributed by atoms with E-state index in [0.29, 0.717) is 11.5 Å². The molecule has 3 heterocycles. The van der Waals surface area contributed by atoms with Crippen molar-refractivity contribution in [3.63, 3.8) is 0 Å². The van der Waals surface area contributed by atoms with Gasteiger partial charge in [0.1, 0.15) is 0 Å². The molecule has 0 amide bonds. The Balaban J connectivity index is 0.00000264. The van der Waals surface area contributed by atoms with Gasteiger partial charge in [-0.05, 0) is 0 Å². The van der Waals surface area contributed by atoms with Gasteiger partial charge < -0.3 is 0 Å². The third-order valence-electron chi connectivity index (χ3n) is 6.33. The fourth-order valence-electron chi connectivity index (χ4n) is 4.66. The van der Waals surface area contributed by atoms with E-state index in [0.717, 1.165) is 28.6 Å². The minimum absolute atomic E-state index is 0. The van der Waals surface area contributed by atoms with Gasteiger partial charge in [-0.25, -0.2) is 0 Å². The van der Waals surface area contributed by atoms with Gasteiger partial charge >= 0.3 is 221 Å². The summed E-state index contributed by atoms with van der Waals surface area (Å²) in [6.45, 7) is 2.07. The summed E-state index contributed by atoms with van der Waals surface area (Å²) in [5, 5.41) is 0. The van der Waals surface area contributed by atoms with Crippen molar-refractivity contribution >= 4 is 62.4 Å². The molecule has 1 aromatic heterocycles. The van der Waals surface area contributed by atoms with Crippen molar-refractivity contribution in [3.05, 3.63) is 122 Å². The summed E-state index contributed by atoms with van der Waals surface area (Å²) in [5.41, 5.74) is 5.38. The molecule has 4 aromatic carbocycles. The van der Waals surface area contributed by atoms with Crippen molar-refractivity contribution in [2.24, 2.45) is 0 Å². The number of benzene rings is 4. The first-order chi connectivity index (χ1) is 18.2. The SMILES string of the molecule is CN1[CH-]N(c2[c-]c(Oc3[c-]c4c(cc3)[Te]c3ccccc3N4c3ccccn3)ccc2)c2ccccc21.[Pt]. The minimum atomic E-state index is -0.552. The largest absolute Gasteiger partial charge is 0 e. The molecule has 38 heavy (non-hydrogen) atoms. The predicted octanol–water partition coefficient (Wildman–Crippen LogP) is 5.62. The van der Waals surface area contributed by atoms with Gasteiger partial charge in [-0.1, -0.05) is 6.07 Å². The maximum atomic E-state index is 6.33. The number of ether oxygens (including phenoxy) is 1. The molecule has 190 valence electrons. The van der Waals surface area contributed by atoms with Gasteiger partial charge in [-0.3, -0.25) is 0 Å². The maximum absolute atomic E-state index is 6.33. The van der Waals surface area contributed by atoms with Crippen LogP contribution in [-0.2, 0) is 21.1 Å². The maximum Gasteiger partial charge on any atom is 0 e. The predicted molar refractivity (Wildman–Crippen MR) is 149 cm³/mol. The van der Waals surface area contributed by atoms with Gasteiger partial charge in [0, 0.05) is 21.1 Å². The van der Waals surface area contributed by atoms with Crippen LogP contribution in [0.5, 0.6) is 11.5 Å². The molecular weight excluding hydrogens is 767 g/mol. The van der Waals surface area contributed by atoms with E-state index in [-0.39, 0.29) is 21.1 Å². The second-order valence-corrected chi connectivity index (χ2v) is 11.8. The van der Waals surface area contributed by atoms with Crippen LogP contribution >= 0.6 is 0 Å². The Morgan fingerprint density at radius 3 is 2.34 bits per heavy atom. The Morgan fingerprint density at radius 1 is 0.737 bits per heavy atom. The summed E-state index contributed by atoms with van der Waals surface area (Å²) in [7, 11) is 2.05. The molecule has 0 unspecified atom stereocenters. The average molecular weight is 788 g/mol. The average Bonchev–Trinajstić information content (AvgIpc) is 3.29. The molecule has 0 saturated carbocycles. The van der Waals surface area contributed by atoms with E-state index >= 15 is 0 Å². The van der Waals surface area contributed by atoms with Crippen molar-refractivity contribution in [1.82, 2.24) is 4.98 Å². The molecule has 0 N–H and O–H groups in total. The second-order valence-electron chi connectivity index (χ2n) is 8.72. The van der Waals surface area contributed by atoms with Gasteiger partial charge in [-0.15, -0.1) is 0 Å². The first-order valence-corrected chi connectivity index (χ1v) is 14.3. The summed E-state index contributed by atoms with van der Waals surface area (Å²) < 4.78 is 9.04. The summed E-state index contributed by atoms with van der Waals surface area (Å²) >= 11 is -0.552. The zero-order valence-corrected chi connectivity index (χ0v) is 24.9. The van der Waals surface area contributed by atoms with Crippen molar-refractivity contribution in [2.45, 2.75) is 0 Å². The Bertz CT molecular complexity index is 1610. The number of para-hydroxylation sites is 3. The molecular formula is C31H21N4OPtTe-3. The molecule has 0 fully saturated rings. The molecule has 0 bridgehead atoms. The molecule has 0 aliphatic carbocycles. The van der Waals surface area contributed by atoms with Crippen LogP contribution in [0.1, 0.15) is 0 Å². The molecule has 5 nitrogen and oxygen atoms in total. The Labute approximate surface area is 247 Å².